The molecule has 142 valence electrons. The molecule has 1 N–H and O–H groups in total. The van der Waals surface area contributed by atoms with Gasteiger partial charge in [-0.25, -0.2) is 8.42 Å². The molecule has 0 spiro atoms. The SMILES string of the molecule is CCCC[C@@H](CC)CNC(=O)[C@@H](C)N(c1ccc(Cl)cc1)S(C)(=O)=O. The number of carbonyl (C=O) groups excluding carboxylic acids is 1. The van der Waals surface area contributed by atoms with Gasteiger partial charge in [0.05, 0.1) is 11.9 Å². The number of nitrogens with zero attached hydrogens (tertiary/aromatic N) is 1. The molecule has 0 aliphatic rings. The van der Waals surface area contributed by atoms with Crippen LogP contribution in [-0.4, -0.2) is 33.2 Å². The first-order valence-corrected chi connectivity index (χ1v) is 11.0. The van der Waals surface area contributed by atoms with Crippen molar-refractivity contribution in [2.45, 2.75) is 52.5 Å². The van der Waals surface area contributed by atoms with Gasteiger partial charge in [0.25, 0.3) is 0 Å². The standard InChI is InChI=1S/C18H29ClN2O3S/c1-5-7-8-15(6-2)13-20-18(22)14(3)21(25(4,23)24)17-11-9-16(19)10-12-17/h9-12,14-15H,5-8,13H2,1-4H3,(H,20,22)/t14-,15-/m1/s1. The van der Waals surface area contributed by atoms with Crippen LogP contribution in [0.15, 0.2) is 24.3 Å². The van der Waals surface area contributed by atoms with Gasteiger partial charge >= 0.3 is 0 Å². The number of amides is 1. The van der Waals surface area contributed by atoms with Crippen molar-refractivity contribution >= 4 is 33.2 Å². The molecule has 0 heterocycles. The number of sulfonamides is 1. The van der Waals surface area contributed by atoms with Gasteiger partial charge in [0, 0.05) is 11.6 Å². The van der Waals surface area contributed by atoms with Gasteiger partial charge in [-0.3, -0.25) is 9.10 Å². The van der Waals surface area contributed by atoms with Crippen LogP contribution in [0.5, 0.6) is 0 Å². The van der Waals surface area contributed by atoms with Crippen LogP contribution in [0.3, 0.4) is 0 Å². The molecule has 5 nitrogen and oxygen atoms in total. The number of hydrogen-bond donors (Lipinski definition) is 1. The fourth-order valence-corrected chi connectivity index (χ4v) is 4.03. The quantitative estimate of drug-likeness (QED) is 0.662. The first-order valence-electron chi connectivity index (χ1n) is 8.73. The molecule has 0 aliphatic carbocycles. The van der Waals surface area contributed by atoms with Crippen molar-refractivity contribution in [1.29, 1.82) is 0 Å². The van der Waals surface area contributed by atoms with E-state index in [-0.39, 0.29) is 5.91 Å². The van der Waals surface area contributed by atoms with Crippen molar-refractivity contribution in [3.8, 4) is 0 Å². The van der Waals surface area contributed by atoms with Crippen LogP contribution in [0.2, 0.25) is 5.02 Å². The average molecular weight is 389 g/mol. The van der Waals surface area contributed by atoms with E-state index in [0.29, 0.717) is 23.2 Å². The lowest BCUT2D eigenvalue weighted by atomic mass is 9.99. The monoisotopic (exact) mass is 388 g/mol. The zero-order valence-electron chi connectivity index (χ0n) is 15.5. The summed E-state index contributed by atoms with van der Waals surface area (Å²) in [6.07, 6.45) is 5.40. The third-order valence-electron chi connectivity index (χ3n) is 4.28. The molecule has 0 saturated carbocycles. The molecule has 2 atom stereocenters. The van der Waals surface area contributed by atoms with E-state index >= 15 is 0 Å². The van der Waals surface area contributed by atoms with Crippen LogP contribution in [0, 0.1) is 5.92 Å². The summed E-state index contributed by atoms with van der Waals surface area (Å²) >= 11 is 5.87. The van der Waals surface area contributed by atoms with Crippen molar-refractivity contribution in [3.63, 3.8) is 0 Å². The minimum Gasteiger partial charge on any atom is -0.354 e. The summed E-state index contributed by atoms with van der Waals surface area (Å²) in [4.78, 5) is 12.5. The average Bonchev–Trinajstić information content (AvgIpc) is 2.55. The van der Waals surface area contributed by atoms with Crippen molar-refractivity contribution in [1.82, 2.24) is 5.32 Å². The second kappa shape index (κ2) is 10.0. The predicted molar refractivity (Wildman–Crippen MR) is 105 cm³/mol. The molecule has 0 bridgehead atoms. The summed E-state index contributed by atoms with van der Waals surface area (Å²) < 4.78 is 25.6. The second-order valence-electron chi connectivity index (χ2n) is 6.37. The molecule has 25 heavy (non-hydrogen) atoms. The minimum absolute atomic E-state index is 0.296. The Hall–Kier alpha value is -1.27. The maximum Gasteiger partial charge on any atom is 0.243 e. The summed E-state index contributed by atoms with van der Waals surface area (Å²) in [6.45, 7) is 6.41. The Morgan fingerprint density at radius 2 is 1.84 bits per heavy atom. The number of carbonyl (C=O) groups is 1. The summed E-state index contributed by atoms with van der Waals surface area (Å²) in [6, 6.07) is 5.58. The van der Waals surface area contributed by atoms with Crippen LogP contribution in [0.1, 0.15) is 46.5 Å². The highest BCUT2D eigenvalue weighted by molar-refractivity contribution is 7.92. The molecule has 1 aromatic rings. The second-order valence-corrected chi connectivity index (χ2v) is 8.67. The van der Waals surface area contributed by atoms with E-state index in [1.165, 1.54) is 0 Å². The van der Waals surface area contributed by atoms with Gasteiger partial charge in [-0.05, 0) is 43.5 Å². The van der Waals surface area contributed by atoms with Crippen molar-refractivity contribution in [2.24, 2.45) is 5.92 Å². The number of rotatable bonds is 10. The fraction of sp³-hybridized carbons (Fsp3) is 0.611. The lowest BCUT2D eigenvalue weighted by Crippen LogP contribution is -2.48. The number of benzene rings is 1. The number of unbranched alkanes of at least 4 members (excludes halogenated alkanes) is 1. The van der Waals surface area contributed by atoms with Gasteiger partial charge in [-0.2, -0.15) is 0 Å². The lowest BCUT2D eigenvalue weighted by molar-refractivity contribution is -0.122. The number of nitrogens with one attached hydrogen (secondary N) is 1. The Morgan fingerprint density at radius 3 is 2.32 bits per heavy atom. The lowest BCUT2D eigenvalue weighted by Gasteiger charge is -2.28. The van der Waals surface area contributed by atoms with E-state index in [1.54, 1.807) is 31.2 Å². The van der Waals surface area contributed by atoms with Crippen molar-refractivity contribution < 1.29 is 13.2 Å². The zero-order chi connectivity index (χ0) is 19.0. The smallest absolute Gasteiger partial charge is 0.243 e. The Bertz CT molecular complexity index is 647. The number of anilines is 1. The first kappa shape index (κ1) is 21.8. The molecule has 1 amide bonds. The Labute approximate surface area is 156 Å². The summed E-state index contributed by atoms with van der Waals surface area (Å²) in [5, 5.41) is 3.42. The Kier molecular flexibility index (Phi) is 8.73. The van der Waals surface area contributed by atoms with Gasteiger partial charge in [0.2, 0.25) is 15.9 Å². The maximum absolute atomic E-state index is 12.5. The van der Waals surface area contributed by atoms with Crippen molar-refractivity contribution in [3.05, 3.63) is 29.3 Å². The highest BCUT2D eigenvalue weighted by atomic mass is 35.5. The third-order valence-corrected chi connectivity index (χ3v) is 5.77. The Balaban J connectivity index is 2.85. The van der Waals surface area contributed by atoms with E-state index in [0.717, 1.165) is 36.2 Å². The summed E-state index contributed by atoms with van der Waals surface area (Å²) in [7, 11) is -3.60. The molecule has 0 aromatic heterocycles. The van der Waals surface area contributed by atoms with E-state index in [9.17, 15) is 13.2 Å². The molecule has 0 saturated heterocycles. The van der Waals surface area contributed by atoms with E-state index < -0.39 is 16.1 Å². The van der Waals surface area contributed by atoms with E-state index in [2.05, 4.69) is 19.2 Å². The number of halogens is 1. The highest BCUT2D eigenvalue weighted by Gasteiger charge is 2.29. The number of hydrogen-bond acceptors (Lipinski definition) is 3. The van der Waals surface area contributed by atoms with Gasteiger partial charge in [0.1, 0.15) is 6.04 Å². The molecule has 1 rings (SSSR count). The molecule has 1 aromatic carbocycles. The van der Waals surface area contributed by atoms with Gasteiger partial charge in [-0.1, -0.05) is 44.7 Å². The summed E-state index contributed by atoms with van der Waals surface area (Å²) in [5.41, 5.74) is 0.424. The van der Waals surface area contributed by atoms with Crippen LogP contribution < -0.4 is 9.62 Å². The van der Waals surface area contributed by atoms with Crippen LogP contribution in [0.4, 0.5) is 5.69 Å². The molecule has 0 radical (unpaired) electrons. The molecule has 0 unspecified atom stereocenters. The third kappa shape index (κ3) is 6.86. The molecule has 0 aliphatic heterocycles. The topological polar surface area (TPSA) is 66.5 Å². The maximum atomic E-state index is 12.5. The first-order chi connectivity index (χ1) is 11.7. The largest absolute Gasteiger partial charge is 0.354 e. The van der Waals surface area contributed by atoms with E-state index in [1.807, 2.05) is 0 Å². The van der Waals surface area contributed by atoms with Crippen LogP contribution in [-0.2, 0) is 14.8 Å². The van der Waals surface area contributed by atoms with Crippen LogP contribution >= 0.6 is 11.6 Å². The van der Waals surface area contributed by atoms with Crippen molar-refractivity contribution in [2.75, 3.05) is 17.1 Å². The summed E-state index contributed by atoms with van der Waals surface area (Å²) in [5.74, 6) is 0.119. The Morgan fingerprint density at radius 1 is 1.24 bits per heavy atom. The minimum atomic E-state index is -3.60. The van der Waals surface area contributed by atoms with Gasteiger partial charge in [0.15, 0.2) is 0 Å². The predicted octanol–water partition coefficient (Wildman–Crippen LogP) is 3.83. The van der Waals surface area contributed by atoms with Gasteiger partial charge in [-0.15, -0.1) is 0 Å². The fourth-order valence-electron chi connectivity index (χ4n) is 2.73. The zero-order valence-corrected chi connectivity index (χ0v) is 17.0. The normalized spacial score (nSPS) is 14.0. The molecule has 0 fully saturated rings. The van der Waals surface area contributed by atoms with Gasteiger partial charge < -0.3 is 5.32 Å². The molecule has 7 heteroatoms. The van der Waals surface area contributed by atoms with Crippen LogP contribution in [0.25, 0.3) is 0 Å². The molecular formula is C18H29ClN2O3S. The highest BCUT2D eigenvalue weighted by Crippen LogP contribution is 2.23. The molecular weight excluding hydrogens is 360 g/mol. The van der Waals surface area contributed by atoms with E-state index in [4.69, 9.17) is 11.6 Å².